The molecule has 0 fully saturated rings. The number of nitrogens with two attached hydrogens (primary N) is 1. The quantitative estimate of drug-likeness (QED) is 0.546. The van der Waals surface area contributed by atoms with Crippen LogP contribution in [0.2, 0.25) is 0 Å². The fraction of sp³-hybridized carbons (Fsp3) is 0.462. The van der Waals surface area contributed by atoms with Gasteiger partial charge in [0.1, 0.15) is 10.6 Å². The van der Waals surface area contributed by atoms with Gasteiger partial charge in [0.25, 0.3) is 0 Å². The van der Waals surface area contributed by atoms with Crippen LogP contribution < -0.4 is 21.5 Å². The number of nitrogens with zero attached hydrogens (tertiary/aromatic N) is 3. The molecule has 0 aliphatic heterocycles. The van der Waals surface area contributed by atoms with Crippen LogP contribution in [-0.2, 0) is 11.2 Å². The molecule has 1 amide bonds. The molecule has 0 aromatic carbocycles. The summed E-state index contributed by atoms with van der Waals surface area (Å²) < 4.78 is 0. The van der Waals surface area contributed by atoms with Crippen LogP contribution in [0.15, 0.2) is 6.07 Å². The van der Waals surface area contributed by atoms with E-state index < -0.39 is 0 Å². The SMILES string of the molecule is CCNC(=O)CN(C)c1nc(NN)nc2sc(CC)cc12. The predicted molar refractivity (Wildman–Crippen MR) is 86.6 cm³/mol. The van der Waals surface area contributed by atoms with Crippen molar-refractivity contribution in [1.82, 2.24) is 15.3 Å². The van der Waals surface area contributed by atoms with E-state index in [4.69, 9.17) is 5.84 Å². The molecule has 7 nitrogen and oxygen atoms in total. The van der Waals surface area contributed by atoms with Gasteiger partial charge in [-0.05, 0) is 19.4 Å². The fourth-order valence-electron chi connectivity index (χ4n) is 2.03. The molecule has 2 aromatic rings. The Morgan fingerprint density at radius 1 is 1.43 bits per heavy atom. The topological polar surface area (TPSA) is 96.2 Å². The monoisotopic (exact) mass is 308 g/mol. The van der Waals surface area contributed by atoms with Crippen LogP contribution in [-0.4, -0.2) is 36.0 Å². The molecule has 0 saturated heterocycles. The van der Waals surface area contributed by atoms with Crippen molar-refractivity contribution >= 4 is 39.2 Å². The van der Waals surface area contributed by atoms with Crippen molar-refractivity contribution in [2.45, 2.75) is 20.3 Å². The maximum Gasteiger partial charge on any atom is 0.240 e. The Labute approximate surface area is 127 Å². The molecule has 8 heteroatoms. The fourth-order valence-corrected chi connectivity index (χ4v) is 2.99. The molecular formula is C13H20N6OS. The third-order valence-corrected chi connectivity index (χ3v) is 4.19. The van der Waals surface area contributed by atoms with Gasteiger partial charge in [-0.3, -0.25) is 10.2 Å². The maximum absolute atomic E-state index is 11.7. The van der Waals surface area contributed by atoms with E-state index in [1.54, 1.807) is 11.3 Å². The predicted octanol–water partition coefficient (Wildman–Crippen LogP) is 1.11. The molecule has 0 aliphatic carbocycles. The van der Waals surface area contributed by atoms with Gasteiger partial charge in [0, 0.05) is 18.5 Å². The van der Waals surface area contributed by atoms with Gasteiger partial charge in [-0.1, -0.05) is 6.92 Å². The minimum Gasteiger partial charge on any atom is -0.355 e. The van der Waals surface area contributed by atoms with Crippen molar-refractivity contribution in [1.29, 1.82) is 0 Å². The summed E-state index contributed by atoms with van der Waals surface area (Å²) in [7, 11) is 1.83. The molecule has 114 valence electrons. The van der Waals surface area contributed by atoms with Gasteiger partial charge >= 0.3 is 0 Å². The number of amides is 1. The summed E-state index contributed by atoms with van der Waals surface area (Å²) in [5.41, 5.74) is 2.48. The number of nitrogens with one attached hydrogen (secondary N) is 2. The number of thiophene rings is 1. The molecule has 4 N–H and O–H groups in total. The molecule has 2 rings (SSSR count). The third kappa shape index (κ3) is 3.40. The van der Waals surface area contributed by atoms with Gasteiger partial charge in [0.05, 0.1) is 11.9 Å². The van der Waals surface area contributed by atoms with Gasteiger partial charge in [-0.15, -0.1) is 11.3 Å². The van der Waals surface area contributed by atoms with E-state index in [-0.39, 0.29) is 12.5 Å². The molecular weight excluding hydrogens is 288 g/mol. The first kappa shape index (κ1) is 15.5. The number of rotatable bonds is 6. The first-order valence-electron chi connectivity index (χ1n) is 6.83. The minimum atomic E-state index is -0.0417. The second-order valence-corrected chi connectivity index (χ2v) is 5.73. The number of carbonyl (C=O) groups excluding carboxylic acids is 1. The summed E-state index contributed by atoms with van der Waals surface area (Å²) in [5.74, 6) is 6.44. The number of nitrogen functional groups attached to an aromatic ring is 1. The summed E-state index contributed by atoms with van der Waals surface area (Å²) in [6, 6.07) is 2.07. The van der Waals surface area contributed by atoms with E-state index in [0.29, 0.717) is 18.3 Å². The van der Waals surface area contributed by atoms with Crippen LogP contribution in [0.25, 0.3) is 10.2 Å². The Bertz CT molecular complexity index is 641. The average molecular weight is 308 g/mol. The number of hydrazine groups is 1. The Morgan fingerprint density at radius 2 is 2.19 bits per heavy atom. The highest BCUT2D eigenvalue weighted by Gasteiger charge is 2.16. The van der Waals surface area contributed by atoms with Crippen LogP contribution in [0.1, 0.15) is 18.7 Å². The number of hydrogen-bond donors (Lipinski definition) is 3. The highest BCUT2D eigenvalue weighted by atomic mass is 32.1. The summed E-state index contributed by atoms with van der Waals surface area (Å²) in [6.45, 7) is 4.84. The molecule has 0 spiro atoms. The first-order valence-corrected chi connectivity index (χ1v) is 7.65. The maximum atomic E-state index is 11.7. The zero-order chi connectivity index (χ0) is 15.4. The van der Waals surface area contributed by atoms with E-state index in [2.05, 4.69) is 33.7 Å². The van der Waals surface area contributed by atoms with Crippen molar-refractivity contribution in [2.75, 3.05) is 30.5 Å². The molecule has 0 bridgehead atoms. The first-order chi connectivity index (χ1) is 10.1. The lowest BCUT2D eigenvalue weighted by atomic mass is 10.3. The van der Waals surface area contributed by atoms with Gasteiger partial charge in [-0.2, -0.15) is 4.98 Å². The average Bonchev–Trinajstić information content (AvgIpc) is 2.89. The summed E-state index contributed by atoms with van der Waals surface area (Å²) in [5, 5.41) is 3.72. The lowest BCUT2D eigenvalue weighted by molar-refractivity contribution is -0.119. The van der Waals surface area contributed by atoms with Crippen LogP contribution in [0.3, 0.4) is 0 Å². The number of hydrogen-bond acceptors (Lipinski definition) is 7. The van der Waals surface area contributed by atoms with E-state index in [9.17, 15) is 4.79 Å². The standard InChI is InChI=1S/C13H20N6OS/c1-4-8-6-9-11(19(3)7-10(20)15-5-2)16-13(18-14)17-12(9)21-8/h6H,4-5,7,14H2,1-3H3,(H,15,20)(H,16,17,18). The van der Waals surface area contributed by atoms with Crippen LogP contribution >= 0.6 is 11.3 Å². The zero-order valence-corrected chi connectivity index (χ0v) is 13.3. The highest BCUT2D eigenvalue weighted by Crippen LogP contribution is 2.31. The van der Waals surface area contributed by atoms with E-state index in [1.807, 2.05) is 18.9 Å². The largest absolute Gasteiger partial charge is 0.355 e. The molecule has 21 heavy (non-hydrogen) atoms. The molecule has 0 unspecified atom stereocenters. The van der Waals surface area contributed by atoms with Crippen molar-refractivity contribution in [3.8, 4) is 0 Å². The van der Waals surface area contributed by atoms with Crippen molar-refractivity contribution in [3.05, 3.63) is 10.9 Å². The molecule has 0 radical (unpaired) electrons. The molecule has 0 aliphatic rings. The second-order valence-electron chi connectivity index (χ2n) is 4.61. The minimum absolute atomic E-state index is 0.0417. The third-order valence-electron chi connectivity index (χ3n) is 3.02. The Morgan fingerprint density at radius 3 is 2.81 bits per heavy atom. The second kappa shape index (κ2) is 6.68. The number of aryl methyl sites for hydroxylation is 1. The Balaban J connectivity index is 2.40. The van der Waals surface area contributed by atoms with E-state index in [0.717, 1.165) is 16.6 Å². The van der Waals surface area contributed by atoms with Crippen LogP contribution in [0.4, 0.5) is 11.8 Å². The van der Waals surface area contributed by atoms with Gasteiger partial charge in [0.2, 0.25) is 11.9 Å². The molecule has 0 saturated carbocycles. The van der Waals surface area contributed by atoms with Crippen molar-refractivity contribution in [2.24, 2.45) is 5.84 Å². The summed E-state index contributed by atoms with van der Waals surface area (Å²) >= 11 is 1.61. The lowest BCUT2D eigenvalue weighted by Gasteiger charge is -2.18. The van der Waals surface area contributed by atoms with Crippen LogP contribution in [0, 0.1) is 0 Å². The highest BCUT2D eigenvalue weighted by molar-refractivity contribution is 7.18. The molecule has 2 heterocycles. The van der Waals surface area contributed by atoms with Gasteiger partial charge < -0.3 is 10.2 Å². The zero-order valence-electron chi connectivity index (χ0n) is 12.4. The molecule has 0 atom stereocenters. The number of fused-ring (bicyclic) bond motifs is 1. The van der Waals surface area contributed by atoms with E-state index >= 15 is 0 Å². The van der Waals surface area contributed by atoms with Crippen molar-refractivity contribution in [3.63, 3.8) is 0 Å². The van der Waals surface area contributed by atoms with Crippen molar-refractivity contribution < 1.29 is 4.79 Å². The Kier molecular flexibility index (Phi) is 4.92. The number of likely N-dealkylation sites (N-methyl/N-ethyl adjacent to an activating group) is 2. The number of carbonyl (C=O) groups is 1. The van der Waals surface area contributed by atoms with E-state index in [1.165, 1.54) is 4.88 Å². The normalized spacial score (nSPS) is 10.7. The Hall–Kier alpha value is -1.93. The van der Waals surface area contributed by atoms with Crippen LogP contribution in [0.5, 0.6) is 0 Å². The number of anilines is 2. The summed E-state index contributed by atoms with van der Waals surface area (Å²) in [4.78, 5) is 24.4. The summed E-state index contributed by atoms with van der Waals surface area (Å²) in [6.07, 6.45) is 0.936. The number of aromatic nitrogens is 2. The lowest BCUT2D eigenvalue weighted by Crippen LogP contribution is -2.35. The van der Waals surface area contributed by atoms with Gasteiger partial charge in [-0.25, -0.2) is 10.8 Å². The smallest absolute Gasteiger partial charge is 0.240 e. The molecule has 2 aromatic heterocycles. The van der Waals surface area contributed by atoms with Gasteiger partial charge in [0.15, 0.2) is 0 Å².